The number of nitrogens with one attached hydrogen (secondary N) is 1. The van der Waals surface area contributed by atoms with Crippen LogP contribution in [0.5, 0.6) is 0 Å². The second-order valence-corrected chi connectivity index (χ2v) is 3.22. The van der Waals surface area contributed by atoms with E-state index in [-0.39, 0.29) is 17.4 Å². The van der Waals surface area contributed by atoms with Gasteiger partial charge in [0.25, 0.3) is 5.91 Å². The fraction of sp³-hybridized carbons (Fsp3) is 0.375. The molecule has 1 aliphatic rings. The van der Waals surface area contributed by atoms with Crippen LogP contribution in [-0.4, -0.2) is 39.6 Å². The smallest absolute Gasteiger partial charge is 0.305 e. The summed E-state index contributed by atoms with van der Waals surface area (Å²) in [6.07, 6.45) is 1.28. The maximum atomic E-state index is 11.5. The van der Waals surface area contributed by atoms with Crippen molar-refractivity contribution >= 4 is 29.2 Å². The molecule has 1 saturated heterocycles. The largest absolute Gasteiger partial charge is 0.481 e. The number of hydrogen-bond donors (Lipinski definition) is 2. The molecule has 2 N–H and O–H groups in total. The number of nitrogens with zero attached hydrogens (tertiary/aromatic N) is 1. The molecule has 0 spiro atoms. The number of hydrogen-bond acceptors (Lipinski definition) is 3. The Morgan fingerprint density at radius 2 is 2.43 bits per heavy atom. The Bertz CT molecular complexity index is 303. The molecular formula is C8H10N2O3S. The molecule has 1 heterocycles. The van der Waals surface area contributed by atoms with Gasteiger partial charge in [-0.15, -0.1) is 6.58 Å². The molecule has 14 heavy (non-hydrogen) atoms. The second kappa shape index (κ2) is 4.19. The highest BCUT2D eigenvalue weighted by molar-refractivity contribution is 7.80. The van der Waals surface area contributed by atoms with Gasteiger partial charge in [-0.3, -0.25) is 14.5 Å². The lowest BCUT2D eigenvalue weighted by atomic mass is 10.2. The van der Waals surface area contributed by atoms with Crippen LogP contribution in [0.1, 0.15) is 6.42 Å². The van der Waals surface area contributed by atoms with Gasteiger partial charge in [0.1, 0.15) is 6.04 Å². The van der Waals surface area contributed by atoms with E-state index >= 15 is 0 Å². The fourth-order valence-corrected chi connectivity index (χ4v) is 1.50. The summed E-state index contributed by atoms with van der Waals surface area (Å²) in [7, 11) is 0. The fourth-order valence-electron chi connectivity index (χ4n) is 1.19. The monoisotopic (exact) mass is 214 g/mol. The number of carboxylic acid groups (broad SMARTS) is 1. The Kier molecular flexibility index (Phi) is 3.19. The number of thiocarbonyl (C=S) groups is 1. The number of carboxylic acids is 1. The molecule has 0 aromatic heterocycles. The van der Waals surface area contributed by atoms with Crippen LogP contribution in [-0.2, 0) is 9.59 Å². The zero-order valence-corrected chi connectivity index (χ0v) is 8.21. The highest BCUT2D eigenvalue weighted by Gasteiger charge is 2.35. The topological polar surface area (TPSA) is 69.6 Å². The lowest BCUT2D eigenvalue weighted by Crippen LogP contribution is -2.32. The van der Waals surface area contributed by atoms with Gasteiger partial charge in [-0.05, 0) is 12.2 Å². The molecule has 1 fully saturated rings. The summed E-state index contributed by atoms with van der Waals surface area (Å²) >= 11 is 4.87. The van der Waals surface area contributed by atoms with Gasteiger partial charge >= 0.3 is 5.97 Å². The average molecular weight is 214 g/mol. The molecule has 76 valence electrons. The number of amides is 1. The van der Waals surface area contributed by atoms with Crippen molar-refractivity contribution in [3.05, 3.63) is 12.7 Å². The van der Waals surface area contributed by atoms with Gasteiger partial charge in [-0.1, -0.05) is 6.08 Å². The minimum absolute atomic E-state index is 0.257. The van der Waals surface area contributed by atoms with Crippen molar-refractivity contribution in [1.29, 1.82) is 0 Å². The molecule has 5 nitrogen and oxygen atoms in total. The van der Waals surface area contributed by atoms with Gasteiger partial charge in [0.15, 0.2) is 5.11 Å². The SMILES string of the molecule is C=CCN1C(=O)[C@H](CC(=O)O)NC1=S. The van der Waals surface area contributed by atoms with Gasteiger partial charge in [-0.25, -0.2) is 0 Å². The molecular weight excluding hydrogens is 204 g/mol. The Labute approximate surface area is 86.4 Å². The van der Waals surface area contributed by atoms with Gasteiger partial charge in [0.05, 0.1) is 6.42 Å². The third-order valence-corrected chi connectivity index (χ3v) is 2.14. The van der Waals surface area contributed by atoms with Crippen molar-refractivity contribution in [2.75, 3.05) is 6.54 Å². The zero-order valence-electron chi connectivity index (χ0n) is 7.40. The maximum absolute atomic E-state index is 11.5. The van der Waals surface area contributed by atoms with E-state index in [2.05, 4.69) is 11.9 Å². The summed E-state index contributed by atoms with van der Waals surface area (Å²) in [6, 6.07) is -0.736. The Balaban J connectivity index is 2.68. The van der Waals surface area contributed by atoms with E-state index in [0.29, 0.717) is 6.54 Å². The van der Waals surface area contributed by atoms with E-state index in [0.717, 1.165) is 0 Å². The first-order valence-electron chi connectivity index (χ1n) is 4.01. The molecule has 1 amide bonds. The van der Waals surface area contributed by atoms with Crippen LogP contribution in [0.25, 0.3) is 0 Å². The maximum Gasteiger partial charge on any atom is 0.305 e. The lowest BCUT2D eigenvalue weighted by Gasteiger charge is -2.10. The molecule has 1 atom stereocenters. The standard InChI is InChI=1S/C8H10N2O3S/c1-2-3-10-7(13)5(4-6(11)12)9-8(10)14/h2,5H,1,3-4H2,(H,9,14)(H,11,12)/t5-/m0/s1. The van der Waals surface area contributed by atoms with E-state index in [1.165, 1.54) is 11.0 Å². The number of rotatable bonds is 4. The summed E-state index contributed by atoms with van der Waals surface area (Å²) in [5.74, 6) is -1.34. The molecule has 0 aliphatic carbocycles. The van der Waals surface area contributed by atoms with Crippen LogP contribution >= 0.6 is 12.2 Å². The highest BCUT2D eigenvalue weighted by atomic mass is 32.1. The minimum atomic E-state index is -1.03. The summed E-state index contributed by atoms with van der Waals surface area (Å²) < 4.78 is 0. The molecule has 0 unspecified atom stereocenters. The van der Waals surface area contributed by atoms with Crippen molar-refractivity contribution in [1.82, 2.24) is 10.2 Å². The van der Waals surface area contributed by atoms with Crippen LogP contribution in [0.2, 0.25) is 0 Å². The van der Waals surface area contributed by atoms with Crippen molar-refractivity contribution in [3.63, 3.8) is 0 Å². The van der Waals surface area contributed by atoms with Gasteiger partial charge in [0.2, 0.25) is 0 Å². The first-order valence-corrected chi connectivity index (χ1v) is 4.41. The molecule has 0 saturated carbocycles. The van der Waals surface area contributed by atoms with Crippen LogP contribution in [0.4, 0.5) is 0 Å². The minimum Gasteiger partial charge on any atom is -0.481 e. The first-order chi connectivity index (χ1) is 6.56. The van der Waals surface area contributed by atoms with Crippen molar-refractivity contribution in [2.24, 2.45) is 0 Å². The molecule has 0 radical (unpaired) electrons. The van der Waals surface area contributed by atoms with Crippen molar-refractivity contribution < 1.29 is 14.7 Å². The molecule has 0 aromatic rings. The van der Waals surface area contributed by atoms with E-state index < -0.39 is 12.0 Å². The average Bonchev–Trinajstić information content (AvgIpc) is 2.32. The lowest BCUT2D eigenvalue weighted by molar-refractivity contribution is -0.140. The van der Waals surface area contributed by atoms with Crippen LogP contribution in [0.3, 0.4) is 0 Å². The van der Waals surface area contributed by atoms with Crippen LogP contribution in [0.15, 0.2) is 12.7 Å². The van der Waals surface area contributed by atoms with E-state index in [1.54, 1.807) is 0 Å². The second-order valence-electron chi connectivity index (χ2n) is 2.84. The molecule has 0 bridgehead atoms. The quantitative estimate of drug-likeness (QED) is 0.498. The zero-order chi connectivity index (χ0) is 10.7. The molecule has 1 rings (SSSR count). The Morgan fingerprint density at radius 1 is 1.79 bits per heavy atom. The summed E-state index contributed by atoms with van der Waals surface area (Å²) in [6.45, 7) is 3.79. The van der Waals surface area contributed by atoms with E-state index in [4.69, 9.17) is 17.3 Å². The molecule has 1 aliphatic heterocycles. The molecule has 0 aromatic carbocycles. The number of carbonyl (C=O) groups excluding carboxylic acids is 1. The predicted octanol–water partition coefficient (Wildman–Crippen LogP) is -0.268. The van der Waals surface area contributed by atoms with Crippen LogP contribution < -0.4 is 5.32 Å². The normalized spacial score (nSPS) is 20.9. The van der Waals surface area contributed by atoms with Crippen molar-refractivity contribution in [2.45, 2.75) is 12.5 Å². The summed E-state index contributed by atoms with van der Waals surface area (Å²) in [5.41, 5.74) is 0. The Hall–Kier alpha value is -1.43. The van der Waals surface area contributed by atoms with Gasteiger partial charge in [-0.2, -0.15) is 0 Å². The van der Waals surface area contributed by atoms with Crippen molar-refractivity contribution in [3.8, 4) is 0 Å². The highest BCUT2D eigenvalue weighted by Crippen LogP contribution is 2.09. The van der Waals surface area contributed by atoms with E-state index in [1.807, 2.05) is 0 Å². The first kappa shape index (κ1) is 10.6. The van der Waals surface area contributed by atoms with Gasteiger partial charge in [0, 0.05) is 6.54 Å². The Morgan fingerprint density at radius 3 is 2.93 bits per heavy atom. The summed E-state index contributed by atoms with van der Waals surface area (Å²) in [5, 5.41) is 11.4. The third-order valence-electron chi connectivity index (χ3n) is 1.80. The summed E-state index contributed by atoms with van der Waals surface area (Å²) in [4.78, 5) is 23.2. The van der Waals surface area contributed by atoms with E-state index in [9.17, 15) is 9.59 Å². The number of carbonyl (C=O) groups is 2. The molecule has 6 heteroatoms. The predicted molar refractivity (Wildman–Crippen MR) is 53.7 cm³/mol. The van der Waals surface area contributed by atoms with Crippen LogP contribution in [0, 0.1) is 0 Å². The number of aliphatic carboxylic acids is 1. The van der Waals surface area contributed by atoms with Gasteiger partial charge < -0.3 is 10.4 Å². The third kappa shape index (κ3) is 2.08.